The van der Waals surface area contributed by atoms with Crippen molar-refractivity contribution in [1.29, 1.82) is 0 Å². The summed E-state index contributed by atoms with van der Waals surface area (Å²) in [6, 6.07) is 5.06. The summed E-state index contributed by atoms with van der Waals surface area (Å²) in [6.07, 6.45) is 4.35. The van der Waals surface area contributed by atoms with Gasteiger partial charge in [-0.2, -0.15) is 0 Å². The van der Waals surface area contributed by atoms with Crippen LogP contribution in [0, 0.1) is 5.82 Å². The van der Waals surface area contributed by atoms with Crippen molar-refractivity contribution < 1.29 is 13.9 Å². The van der Waals surface area contributed by atoms with Gasteiger partial charge in [0.1, 0.15) is 0 Å². The largest absolute Gasteiger partial charge is 0.494 e. The molecule has 1 fully saturated rings. The minimum absolute atomic E-state index is 0.272. The van der Waals surface area contributed by atoms with Crippen LogP contribution in [0.4, 0.5) is 10.1 Å². The highest BCUT2D eigenvalue weighted by atomic mass is 19.1. The minimum Gasteiger partial charge on any atom is -0.494 e. The Morgan fingerprint density at radius 2 is 2.12 bits per heavy atom. The van der Waals surface area contributed by atoms with Crippen molar-refractivity contribution in [1.82, 2.24) is 14.7 Å². The first kappa shape index (κ1) is 18.9. The van der Waals surface area contributed by atoms with Gasteiger partial charge in [0.2, 0.25) is 0 Å². The first-order chi connectivity index (χ1) is 12.5. The van der Waals surface area contributed by atoms with Gasteiger partial charge < -0.3 is 24.2 Å². The predicted octanol–water partition coefficient (Wildman–Crippen LogP) is 1.65. The van der Waals surface area contributed by atoms with E-state index in [2.05, 4.69) is 35.0 Å². The first-order valence-electron chi connectivity index (χ1n) is 9.06. The Bertz CT molecular complexity index is 626. The Kier molecular flexibility index (Phi) is 6.34. The number of rotatable bonds is 7. The second kappa shape index (κ2) is 8.70. The van der Waals surface area contributed by atoms with Crippen LogP contribution in [0.1, 0.15) is 0 Å². The lowest BCUT2D eigenvalue weighted by molar-refractivity contribution is -0.0389. The monoisotopic (exact) mass is 364 g/mol. The molecule has 0 saturated carbocycles. The van der Waals surface area contributed by atoms with Crippen molar-refractivity contribution in [2.75, 3.05) is 72.1 Å². The number of morpholine rings is 1. The summed E-state index contributed by atoms with van der Waals surface area (Å²) in [5, 5.41) is 0. The molecule has 26 heavy (non-hydrogen) atoms. The molecule has 144 valence electrons. The van der Waals surface area contributed by atoms with Gasteiger partial charge in [0.15, 0.2) is 11.6 Å². The second-order valence-corrected chi connectivity index (χ2v) is 7.10. The molecule has 6 nitrogen and oxygen atoms in total. The van der Waals surface area contributed by atoms with Gasteiger partial charge in [-0.1, -0.05) is 0 Å². The quantitative estimate of drug-likeness (QED) is 0.731. The van der Waals surface area contributed by atoms with Gasteiger partial charge in [0, 0.05) is 56.9 Å². The number of methoxy groups -OCH3 is 1. The lowest BCUT2D eigenvalue weighted by Gasteiger charge is -2.35. The van der Waals surface area contributed by atoms with E-state index in [-0.39, 0.29) is 17.7 Å². The summed E-state index contributed by atoms with van der Waals surface area (Å²) in [4.78, 5) is 8.92. The molecule has 1 atom stereocenters. The summed E-state index contributed by atoms with van der Waals surface area (Å²) in [5.74, 6) is -0.0644. The summed E-state index contributed by atoms with van der Waals surface area (Å²) in [6.45, 7) is 6.39. The standard InChI is InChI=1S/C19H29FN4O2/c1-21(2)13-17-14-22(10-11-26-17)6-7-23-8-9-24(15-23)16-4-5-19(25-3)18(20)12-16/h4-5,8-9,12,17H,6-7,10-11,13-15H2,1-3H3. The number of hydrogen-bond acceptors (Lipinski definition) is 6. The van der Waals surface area contributed by atoms with Crippen molar-refractivity contribution in [3.8, 4) is 5.75 Å². The fourth-order valence-electron chi connectivity index (χ4n) is 3.38. The van der Waals surface area contributed by atoms with Gasteiger partial charge in [-0.05, 0) is 26.2 Å². The van der Waals surface area contributed by atoms with E-state index >= 15 is 0 Å². The Hall–Kier alpha value is -1.83. The normalized spacial score (nSPS) is 21.0. The molecule has 2 aliphatic heterocycles. The molecule has 1 aromatic rings. The van der Waals surface area contributed by atoms with Gasteiger partial charge in [-0.3, -0.25) is 4.90 Å². The number of ether oxygens (including phenoxy) is 2. The van der Waals surface area contributed by atoms with Gasteiger partial charge in [-0.25, -0.2) is 4.39 Å². The van der Waals surface area contributed by atoms with Crippen LogP contribution in [0.3, 0.4) is 0 Å². The molecule has 2 aliphatic rings. The lowest BCUT2D eigenvalue weighted by Crippen LogP contribution is -2.48. The van der Waals surface area contributed by atoms with Crippen molar-refractivity contribution in [2.45, 2.75) is 6.10 Å². The summed E-state index contributed by atoms with van der Waals surface area (Å²) in [5.41, 5.74) is 0.833. The topological polar surface area (TPSA) is 31.4 Å². The first-order valence-corrected chi connectivity index (χ1v) is 9.06. The average molecular weight is 364 g/mol. The SMILES string of the molecule is COc1ccc(N2C=CN(CCN3CCOC(CN(C)C)C3)C2)cc1F. The molecule has 0 radical (unpaired) electrons. The highest BCUT2D eigenvalue weighted by Crippen LogP contribution is 2.25. The third kappa shape index (κ3) is 4.87. The smallest absolute Gasteiger partial charge is 0.167 e. The van der Waals surface area contributed by atoms with E-state index in [0.717, 1.165) is 51.7 Å². The average Bonchev–Trinajstić information content (AvgIpc) is 3.09. The zero-order chi connectivity index (χ0) is 18.5. The van der Waals surface area contributed by atoms with E-state index in [4.69, 9.17) is 9.47 Å². The number of hydrogen-bond donors (Lipinski definition) is 0. The third-order valence-electron chi connectivity index (χ3n) is 4.75. The summed E-state index contributed by atoms with van der Waals surface area (Å²) < 4.78 is 24.7. The van der Waals surface area contributed by atoms with Crippen LogP contribution in [0.15, 0.2) is 30.6 Å². The highest BCUT2D eigenvalue weighted by Gasteiger charge is 2.22. The Labute approximate surface area is 155 Å². The number of benzene rings is 1. The maximum atomic E-state index is 13.9. The molecule has 1 unspecified atom stereocenters. The zero-order valence-electron chi connectivity index (χ0n) is 15.9. The van der Waals surface area contributed by atoms with Gasteiger partial charge in [-0.15, -0.1) is 0 Å². The number of nitrogens with zero attached hydrogens (tertiary/aromatic N) is 4. The molecule has 7 heteroatoms. The van der Waals surface area contributed by atoms with E-state index in [1.165, 1.54) is 13.2 Å². The molecule has 0 aliphatic carbocycles. The summed E-state index contributed by atoms with van der Waals surface area (Å²) in [7, 11) is 5.63. The van der Waals surface area contributed by atoms with E-state index in [1.807, 2.05) is 17.2 Å². The molecule has 0 amide bonds. The van der Waals surface area contributed by atoms with Crippen LogP contribution in [0.2, 0.25) is 0 Å². The van der Waals surface area contributed by atoms with Crippen LogP contribution >= 0.6 is 0 Å². The third-order valence-corrected chi connectivity index (χ3v) is 4.75. The van der Waals surface area contributed by atoms with Crippen LogP contribution in [-0.4, -0.2) is 88.0 Å². The maximum Gasteiger partial charge on any atom is 0.167 e. The fraction of sp³-hybridized carbons (Fsp3) is 0.579. The molecule has 1 aromatic carbocycles. The second-order valence-electron chi connectivity index (χ2n) is 7.10. The molecule has 0 bridgehead atoms. The van der Waals surface area contributed by atoms with Crippen LogP contribution in [0.25, 0.3) is 0 Å². The van der Waals surface area contributed by atoms with E-state index in [1.54, 1.807) is 6.07 Å². The number of halogens is 1. The van der Waals surface area contributed by atoms with Crippen LogP contribution in [-0.2, 0) is 4.74 Å². The molecule has 1 saturated heterocycles. The van der Waals surface area contributed by atoms with E-state index in [0.29, 0.717) is 0 Å². The highest BCUT2D eigenvalue weighted by molar-refractivity contribution is 5.52. The minimum atomic E-state index is -0.336. The molecule has 0 aromatic heterocycles. The van der Waals surface area contributed by atoms with Crippen molar-refractivity contribution in [2.24, 2.45) is 0 Å². The van der Waals surface area contributed by atoms with Gasteiger partial charge in [0.25, 0.3) is 0 Å². The van der Waals surface area contributed by atoms with Crippen molar-refractivity contribution in [3.63, 3.8) is 0 Å². The molecule has 2 heterocycles. The molecule has 3 rings (SSSR count). The van der Waals surface area contributed by atoms with Crippen molar-refractivity contribution in [3.05, 3.63) is 36.4 Å². The fourth-order valence-corrected chi connectivity index (χ4v) is 3.38. The zero-order valence-corrected chi connectivity index (χ0v) is 15.9. The molecule has 0 spiro atoms. The number of likely N-dealkylation sites (N-methyl/N-ethyl adjacent to an activating group) is 1. The van der Waals surface area contributed by atoms with Crippen molar-refractivity contribution >= 4 is 5.69 Å². The van der Waals surface area contributed by atoms with Gasteiger partial charge >= 0.3 is 0 Å². The Morgan fingerprint density at radius 1 is 1.27 bits per heavy atom. The molecule has 0 N–H and O–H groups in total. The van der Waals surface area contributed by atoms with Gasteiger partial charge in [0.05, 0.1) is 26.5 Å². The van der Waals surface area contributed by atoms with Crippen LogP contribution in [0.5, 0.6) is 5.75 Å². The molecular weight excluding hydrogens is 335 g/mol. The Morgan fingerprint density at radius 3 is 2.85 bits per heavy atom. The maximum absolute atomic E-state index is 13.9. The number of anilines is 1. The Balaban J connectivity index is 1.46. The van der Waals surface area contributed by atoms with Crippen LogP contribution < -0.4 is 9.64 Å². The van der Waals surface area contributed by atoms with E-state index in [9.17, 15) is 4.39 Å². The predicted molar refractivity (Wildman–Crippen MR) is 101 cm³/mol. The lowest BCUT2D eigenvalue weighted by atomic mass is 10.2. The van der Waals surface area contributed by atoms with E-state index < -0.39 is 0 Å². The summed E-state index contributed by atoms with van der Waals surface area (Å²) >= 11 is 0. The molecular formula is C19H29FN4O2.